The van der Waals surface area contributed by atoms with Gasteiger partial charge in [0.2, 0.25) is 0 Å². The number of methoxy groups -OCH3 is 1. The van der Waals surface area contributed by atoms with Crippen molar-refractivity contribution < 1.29 is 27.7 Å². The lowest BCUT2D eigenvalue weighted by molar-refractivity contribution is -0.385. The summed E-state index contributed by atoms with van der Waals surface area (Å²) in [5, 5.41) is 14.3. The van der Waals surface area contributed by atoms with E-state index in [-0.39, 0.29) is 32.4 Å². The van der Waals surface area contributed by atoms with Crippen LogP contribution >= 0.6 is 11.8 Å². The van der Waals surface area contributed by atoms with Crippen molar-refractivity contribution in [3.8, 4) is 0 Å². The van der Waals surface area contributed by atoms with Gasteiger partial charge in [-0.3, -0.25) is 14.9 Å². The van der Waals surface area contributed by atoms with Crippen molar-refractivity contribution in [1.29, 1.82) is 0 Å². The summed E-state index contributed by atoms with van der Waals surface area (Å²) < 4.78 is 30.9. The van der Waals surface area contributed by atoms with Crippen LogP contribution in [0.5, 0.6) is 0 Å². The molecule has 190 valence electrons. The maximum atomic E-state index is 13.1. The summed E-state index contributed by atoms with van der Waals surface area (Å²) in [5.41, 5.74) is 2.63. The lowest BCUT2D eigenvalue weighted by Gasteiger charge is -2.20. The van der Waals surface area contributed by atoms with Gasteiger partial charge in [0, 0.05) is 11.0 Å². The van der Waals surface area contributed by atoms with E-state index < -0.39 is 26.6 Å². The van der Waals surface area contributed by atoms with E-state index in [1.54, 1.807) is 6.07 Å². The smallest absolute Gasteiger partial charge is 0.338 e. The van der Waals surface area contributed by atoms with Gasteiger partial charge >= 0.3 is 5.97 Å². The number of thioether (sulfide) groups is 1. The first-order chi connectivity index (χ1) is 17.5. The van der Waals surface area contributed by atoms with Gasteiger partial charge in [0.1, 0.15) is 0 Å². The zero-order chi connectivity index (χ0) is 26.9. The number of nitrogens with one attached hydrogen (secondary N) is 1. The maximum absolute atomic E-state index is 13.1. The molecule has 9 nitrogen and oxygen atoms in total. The molecule has 3 aromatic carbocycles. The van der Waals surface area contributed by atoms with Crippen LogP contribution in [0.1, 0.15) is 32.6 Å². The standard InChI is InChI=1S/C26H22N2O7S2/c1-15-5-4-6-16(2)20(15)14-37(33,34)19-9-10-23-21(13-19)27-25(29)24(36-23)12-17-7-8-18(26(30)35-3)11-22(17)28(31)32/h4-13H,14H2,1-3H3,(H,27,29)/b24-12-. The van der Waals surface area contributed by atoms with Crippen LogP contribution in [0.25, 0.3) is 6.08 Å². The predicted molar refractivity (Wildman–Crippen MR) is 140 cm³/mol. The third-order valence-electron chi connectivity index (χ3n) is 5.92. The number of fused-ring (bicyclic) bond motifs is 1. The Balaban J connectivity index is 1.64. The number of sulfone groups is 1. The predicted octanol–water partition coefficient (Wildman–Crippen LogP) is 5.06. The van der Waals surface area contributed by atoms with E-state index in [9.17, 15) is 28.1 Å². The van der Waals surface area contributed by atoms with Gasteiger partial charge in [-0.05, 0) is 66.9 Å². The molecule has 1 aliphatic rings. The molecular formula is C26H22N2O7S2. The molecule has 0 spiro atoms. The molecule has 4 rings (SSSR count). The first kappa shape index (κ1) is 26.1. The zero-order valence-corrected chi connectivity index (χ0v) is 21.7. The summed E-state index contributed by atoms with van der Waals surface area (Å²) in [6, 6.07) is 13.9. The van der Waals surface area contributed by atoms with Crippen LogP contribution in [0.15, 0.2) is 69.3 Å². The maximum Gasteiger partial charge on any atom is 0.338 e. The van der Waals surface area contributed by atoms with Crippen molar-refractivity contribution >= 4 is 50.9 Å². The van der Waals surface area contributed by atoms with Crippen molar-refractivity contribution in [3.63, 3.8) is 0 Å². The number of carbonyl (C=O) groups is 2. The number of nitro benzene ring substituents is 1. The highest BCUT2D eigenvalue weighted by Crippen LogP contribution is 2.41. The van der Waals surface area contributed by atoms with E-state index >= 15 is 0 Å². The van der Waals surface area contributed by atoms with Gasteiger partial charge < -0.3 is 10.1 Å². The topological polar surface area (TPSA) is 133 Å². The first-order valence-electron chi connectivity index (χ1n) is 11.0. The fourth-order valence-corrected chi connectivity index (χ4v) is 6.39. The monoisotopic (exact) mass is 538 g/mol. The Morgan fingerprint density at radius 1 is 1.11 bits per heavy atom. The van der Waals surface area contributed by atoms with Gasteiger partial charge in [-0.2, -0.15) is 0 Å². The van der Waals surface area contributed by atoms with Crippen molar-refractivity contribution in [1.82, 2.24) is 0 Å². The van der Waals surface area contributed by atoms with Crippen LogP contribution in [0.2, 0.25) is 0 Å². The molecule has 11 heteroatoms. The molecule has 1 amide bonds. The van der Waals surface area contributed by atoms with Gasteiger partial charge in [0.05, 0.1) is 44.4 Å². The van der Waals surface area contributed by atoms with Crippen LogP contribution in [-0.4, -0.2) is 32.3 Å². The number of ether oxygens (including phenoxy) is 1. The second-order valence-corrected chi connectivity index (χ2v) is 11.4. The Labute approximate surface area is 217 Å². The number of esters is 1. The van der Waals surface area contributed by atoms with Gasteiger partial charge in [-0.25, -0.2) is 13.2 Å². The summed E-state index contributed by atoms with van der Waals surface area (Å²) >= 11 is 1.06. The van der Waals surface area contributed by atoms with Crippen molar-refractivity contribution in [2.45, 2.75) is 29.4 Å². The van der Waals surface area contributed by atoms with Gasteiger partial charge in [-0.15, -0.1) is 0 Å². The van der Waals surface area contributed by atoms with Crippen molar-refractivity contribution in [2.24, 2.45) is 0 Å². The quantitative estimate of drug-likeness (QED) is 0.199. The Bertz CT molecular complexity index is 1570. The van der Waals surface area contributed by atoms with Gasteiger partial charge in [0.25, 0.3) is 11.6 Å². The second-order valence-electron chi connectivity index (χ2n) is 8.37. The van der Waals surface area contributed by atoms with E-state index in [0.29, 0.717) is 10.6 Å². The van der Waals surface area contributed by atoms with Gasteiger partial charge in [-0.1, -0.05) is 30.0 Å². The molecule has 0 bridgehead atoms. The van der Waals surface area contributed by atoms with Crippen molar-refractivity contribution in [3.05, 3.63) is 97.4 Å². The molecule has 1 aliphatic heterocycles. The van der Waals surface area contributed by atoms with Gasteiger partial charge in [0.15, 0.2) is 9.84 Å². The fourth-order valence-electron chi connectivity index (χ4n) is 3.89. The minimum Gasteiger partial charge on any atom is -0.465 e. The largest absolute Gasteiger partial charge is 0.465 e. The lowest BCUT2D eigenvalue weighted by Crippen LogP contribution is -2.18. The number of amides is 1. The number of aryl methyl sites for hydroxylation is 2. The van der Waals surface area contributed by atoms with E-state index in [1.807, 2.05) is 32.0 Å². The average Bonchev–Trinajstić information content (AvgIpc) is 2.86. The highest BCUT2D eigenvalue weighted by atomic mass is 32.2. The molecule has 37 heavy (non-hydrogen) atoms. The minimum atomic E-state index is -3.69. The molecule has 0 radical (unpaired) electrons. The molecule has 0 saturated heterocycles. The number of anilines is 1. The summed E-state index contributed by atoms with van der Waals surface area (Å²) in [6.45, 7) is 3.73. The number of nitro groups is 1. The Hall–Kier alpha value is -3.96. The fraction of sp³-hybridized carbons (Fsp3) is 0.154. The summed E-state index contributed by atoms with van der Waals surface area (Å²) in [6.07, 6.45) is 1.35. The Morgan fingerprint density at radius 3 is 2.46 bits per heavy atom. The third-order valence-corrected chi connectivity index (χ3v) is 8.66. The normalized spacial score (nSPS) is 14.1. The summed E-state index contributed by atoms with van der Waals surface area (Å²) in [7, 11) is -2.52. The molecule has 3 aromatic rings. The zero-order valence-electron chi connectivity index (χ0n) is 20.1. The highest BCUT2D eigenvalue weighted by molar-refractivity contribution is 8.04. The number of benzene rings is 3. The molecule has 1 N–H and O–H groups in total. The number of nitrogens with zero attached hydrogens (tertiary/aromatic N) is 1. The van der Waals surface area contributed by atoms with E-state index in [2.05, 4.69) is 10.1 Å². The average molecular weight is 539 g/mol. The third kappa shape index (κ3) is 5.42. The minimum absolute atomic E-state index is 0.0112. The molecule has 0 fully saturated rings. The molecule has 0 atom stereocenters. The van der Waals surface area contributed by atoms with Crippen LogP contribution in [0, 0.1) is 24.0 Å². The van der Waals surface area contributed by atoms with E-state index in [0.717, 1.165) is 34.5 Å². The van der Waals surface area contributed by atoms with Crippen molar-refractivity contribution in [2.75, 3.05) is 12.4 Å². The Morgan fingerprint density at radius 2 is 1.81 bits per heavy atom. The number of hydrogen-bond acceptors (Lipinski definition) is 8. The summed E-state index contributed by atoms with van der Waals surface area (Å²) in [4.78, 5) is 36.3. The second kappa shape index (κ2) is 10.2. The first-order valence-corrected chi connectivity index (χ1v) is 13.5. The van der Waals surface area contributed by atoms with E-state index in [4.69, 9.17) is 0 Å². The molecule has 1 heterocycles. The molecule has 0 aliphatic carbocycles. The number of hydrogen-bond donors (Lipinski definition) is 1. The molecular weight excluding hydrogens is 516 g/mol. The Kier molecular flexibility index (Phi) is 7.19. The summed E-state index contributed by atoms with van der Waals surface area (Å²) in [5.74, 6) is -1.42. The van der Waals surface area contributed by atoms with Crippen LogP contribution in [0.3, 0.4) is 0 Å². The number of carbonyl (C=O) groups excluding carboxylic acids is 2. The van der Waals surface area contributed by atoms with E-state index in [1.165, 1.54) is 37.5 Å². The SMILES string of the molecule is COC(=O)c1ccc(/C=C2\Sc3ccc(S(=O)(=O)Cc4c(C)cccc4C)cc3NC2=O)c([N+](=O)[O-])c1. The van der Waals surface area contributed by atoms with Crippen LogP contribution in [-0.2, 0) is 25.1 Å². The van der Waals surface area contributed by atoms with Crippen LogP contribution in [0.4, 0.5) is 11.4 Å². The van der Waals surface area contributed by atoms with Crippen LogP contribution < -0.4 is 5.32 Å². The number of rotatable bonds is 6. The molecule has 0 aromatic heterocycles. The highest BCUT2D eigenvalue weighted by Gasteiger charge is 2.26. The molecule has 0 unspecified atom stereocenters. The molecule has 0 saturated carbocycles. The lowest BCUT2D eigenvalue weighted by atomic mass is 10.1.